The van der Waals surface area contributed by atoms with Crippen molar-refractivity contribution >= 4 is 23.4 Å². The van der Waals surface area contributed by atoms with E-state index in [1.54, 1.807) is 30.6 Å². The van der Waals surface area contributed by atoms with Crippen molar-refractivity contribution < 1.29 is 13.5 Å². The largest absolute Gasteiger partial charge is 0.423 e. The Morgan fingerprint density at radius 2 is 1.94 bits per heavy atom. The summed E-state index contributed by atoms with van der Waals surface area (Å²) in [6, 6.07) is 8.96. The van der Waals surface area contributed by atoms with Crippen LogP contribution in [0.15, 0.2) is 36.7 Å². The molecule has 1 saturated carbocycles. The summed E-state index contributed by atoms with van der Waals surface area (Å²) in [5.41, 5.74) is 0.937. The predicted octanol–water partition coefficient (Wildman–Crippen LogP) is 4.41. The monoisotopic (exact) mass is 475 g/mol. The first-order chi connectivity index (χ1) is 16.0. The smallest absolute Gasteiger partial charge is 0.322 e. The molecule has 1 aromatic carbocycles. The Bertz CT molecular complexity index is 1110. The van der Waals surface area contributed by atoms with Crippen molar-refractivity contribution in [3.63, 3.8) is 0 Å². The minimum absolute atomic E-state index is 0.0212. The number of rotatable bonds is 7. The average molecular weight is 476 g/mol. The first-order valence-electron chi connectivity index (χ1n) is 10.9. The van der Waals surface area contributed by atoms with E-state index in [-0.39, 0.29) is 18.0 Å². The molecule has 2 unspecified atom stereocenters. The zero-order chi connectivity index (χ0) is 22.9. The summed E-state index contributed by atoms with van der Waals surface area (Å²) in [6.45, 7) is 3.04. The molecule has 3 heterocycles. The summed E-state index contributed by atoms with van der Waals surface area (Å²) < 4.78 is 33.1. The van der Waals surface area contributed by atoms with Crippen molar-refractivity contribution in [2.45, 2.75) is 38.8 Å². The number of alkyl halides is 2. The summed E-state index contributed by atoms with van der Waals surface area (Å²) in [5, 5.41) is 8.03. The maximum Gasteiger partial charge on any atom is 0.322 e. The number of benzene rings is 1. The highest BCUT2D eigenvalue weighted by atomic mass is 35.5. The van der Waals surface area contributed by atoms with Crippen LogP contribution in [0.3, 0.4) is 0 Å². The van der Waals surface area contributed by atoms with E-state index in [4.69, 9.17) is 16.3 Å². The third-order valence-electron chi connectivity index (χ3n) is 6.23. The zero-order valence-corrected chi connectivity index (χ0v) is 18.8. The summed E-state index contributed by atoms with van der Waals surface area (Å²) in [5.74, 6) is 2.30. The number of hydrogen-bond acceptors (Lipinski definition) is 7. The van der Waals surface area contributed by atoms with Gasteiger partial charge in [-0.05, 0) is 43.7 Å². The van der Waals surface area contributed by atoms with Crippen LogP contribution in [0.1, 0.15) is 18.5 Å². The molecule has 5 rings (SSSR count). The van der Waals surface area contributed by atoms with Crippen LogP contribution < -0.4 is 15.0 Å². The maximum atomic E-state index is 13.1. The van der Waals surface area contributed by atoms with Gasteiger partial charge in [-0.15, -0.1) is 5.10 Å². The van der Waals surface area contributed by atoms with E-state index in [2.05, 4.69) is 30.3 Å². The number of aromatic nitrogens is 5. The van der Waals surface area contributed by atoms with E-state index >= 15 is 0 Å². The molecule has 1 aliphatic heterocycles. The summed E-state index contributed by atoms with van der Waals surface area (Å²) >= 11 is 6.16. The van der Waals surface area contributed by atoms with Crippen molar-refractivity contribution in [3.8, 4) is 11.8 Å². The van der Waals surface area contributed by atoms with Gasteiger partial charge >= 0.3 is 6.01 Å². The minimum Gasteiger partial charge on any atom is -0.423 e. The highest BCUT2D eigenvalue weighted by Gasteiger charge is 2.43. The van der Waals surface area contributed by atoms with E-state index in [0.717, 1.165) is 42.1 Å². The molecule has 3 aromatic rings. The molecule has 2 atom stereocenters. The Kier molecular flexibility index (Phi) is 6.01. The van der Waals surface area contributed by atoms with Crippen LogP contribution in [0.2, 0.25) is 5.02 Å². The van der Waals surface area contributed by atoms with Gasteiger partial charge in [-0.3, -0.25) is 0 Å². The van der Waals surface area contributed by atoms with E-state index < -0.39 is 13.0 Å². The number of halogens is 3. The molecule has 0 radical (unpaired) electrons. The first-order valence-corrected chi connectivity index (χ1v) is 11.3. The van der Waals surface area contributed by atoms with Crippen LogP contribution in [0.4, 0.5) is 20.5 Å². The molecule has 1 aliphatic carbocycles. The van der Waals surface area contributed by atoms with Gasteiger partial charge in [0.25, 0.3) is 6.43 Å². The number of fused-ring (bicyclic) bond motifs is 2. The fourth-order valence-corrected chi connectivity index (χ4v) is 4.92. The lowest BCUT2D eigenvalue weighted by Gasteiger charge is -2.38. The standard InChI is InChI=1S/C22H24ClF2N7O/c1-13-8-19(27-12-26-13)31-9-14-6-7-15(10-31)20(14)28-21-29-22(32(30-21)11-18(24)25)33-17-5-3-2-4-16(17)23/h2-5,8,12,14-15,18,20H,6-7,9-11H2,1H3,(H,28,30). The average Bonchev–Trinajstić information content (AvgIpc) is 3.24. The molecular formula is C22H24ClF2N7O. The minimum atomic E-state index is -2.59. The SMILES string of the molecule is Cc1cc(N2CC3CCC(C2)C3Nc2nc(Oc3ccccc3Cl)n(CC(F)F)n2)ncn1. The molecule has 2 bridgehead atoms. The molecule has 0 amide bonds. The van der Waals surface area contributed by atoms with Gasteiger partial charge < -0.3 is 15.0 Å². The Labute approximate surface area is 195 Å². The van der Waals surface area contributed by atoms with Crippen molar-refractivity contribution in [1.82, 2.24) is 24.7 Å². The van der Waals surface area contributed by atoms with Crippen molar-refractivity contribution in [3.05, 3.63) is 47.4 Å². The van der Waals surface area contributed by atoms with E-state index in [9.17, 15) is 8.78 Å². The third kappa shape index (κ3) is 4.71. The number of aryl methyl sites for hydroxylation is 1. The summed E-state index contributed by atoms with van der Waals surface area (Å²) in [6.07, 6.45) is 1.15. The number of para-hydroxylation sites is 1. The van der Waals surface area contributed by atoms with Crippen LogP contribution >= 0.6 is 11.6 Å². The fourth-order valence-electron chi connectivity index (χ4n) is 4.75. The molecule has 1 saturated heterocycles. The van der Waals surface area contributed by atoms with E-state index in [0.29, 0.717) is 22.6 Å². The molecule has 174 valence electrons. The number of ether oxygens (including phenoxy) is 1. The van der Waals surface area contributed by atoms with Gasteiger partial charge in [0.1, 0.15) is 24.4 Å². The molecule has 1 N–H and O–H groups in total. The Balaban J connectivity index is 1.33. The number of nitrogens with one attached hydrogen (secondary N) is 1. The van der Waals surface area contributed by atoms with Gasteiger partial charge in [0.15, 0.2) is 0 Å². The third-order valence-corrected chi connectivity index (χ3v) is 6.54. The lowest BCUT2D eigenvalue weighted by atomic mass is 9.92. The highest BCUT2D eigenvalue weighted by molar-refractivity contribution is 6.32. The van der Waals surface area contributed by atoms with E-state index in [1.807, 2.05) is 13.0 Å². The molecule has 8 nitrogen and oxygen atoms in total. The fraction of sp³-hybridized carbons (Fsp3) is 0.455. The second-order valence-corrected chi connectivity index (χ2v) is 8.92. The molecular weight excluding hydrogens is 452 g/mol. The zero-order valence-electron chi connectivity index (χ0n) is 18.0. The number of hydrogen-bond donors (Lipinski definition) is 1. The first kappa shape index (κ1) is 21.8. The van der Waals surface area contributed by atoms with Gasteiger partial charge in [0.2, 0.25) is 5.95 Å². The number of piperidine rings is 1. The van der Waals surface area contributed by atoms with Crippen molar-refractivity contribution in [1.29, 1.82) is 0 Å². The molecule has 2 aliphatic rings. The van der Waals surface area contributed by atoms with Gasteiger partial charge in [-0.25, -0.2) is 23.4 Å². The van der Waals surface area contributed by atoms with Gasteiger partial charge in [-0.2, -0.15) is 4.98 Å². The highest BCUT2D eigenvalue weighted by Crippen LogP contribution is 2.40. The van der Waals surface area contributed by atoms with Crippen molar-refractivity contribution in [2.75, 3.05) is 23.3 Å². The molecule has 11 heteroatoms. The summed E-state index contributed by atoms with van der Waals surface area (Å²) in [7, 11) is 0. The van der Waals surface area contributed by atoms with Crippen molar-refractivity contribution in [2.24, 2.45) is 11.8 Å². The van der Waals surface area contributed by atoms with Gasteiger partial charge in [-0.1, -0.05) is 23.7 Å². The Hall–Kier alpha value is -3.01. The van der Waals surface area contributed by atoms with Crippen LogP contribution in [-0.2, 0) is 6.54 Å². The number of nitrogens with zero attached hydrogens (tertiary/aromatic N) is 6. The lowest BCUT2D eigenvalue weighted by Crippen LogP contribution is -2.48. The predicted molar refractivity (Wildman–Crippen MR) is 120 cm³/mol. The van der Waals surface area contributed by atoms with Gasteiger partial charge in [0.05, 0.1) is 5.02 Å². The second kappa shape index (κ2) is 9.09. The maximum absolute atomic E-state index is 13.1. The Morgan fingerprint density at radius 1 is 1.18 bits per heavy atom. The normalized spacial score (nSPS) is 22.1. The second-order valence-electron chi connectivity index (χ2n) is 8.51. The van der Waals surface area contributed by atoms with Crippen LogP contribution in [0.5, 0.6) is 11.8 Å². The van der Waals surface area contributed by atoms with Crippen LogP contribution in [0.25, 0.3) is 0 Å². The van der Waals surface area contributed by atoms with Gasteiger partial charge in [0, 0.05) is 30.9 Å². The molecule has 2 aromatic heterocycles. The van der Waals surface area contributed by atoms with E-state index in [1.165, 1.54) is 0 Å². The Morgan fingerprint density at radius 3 is 2.64 bits per heavy atom. The molecule has 0 spiro atoms. The summed E-state index contributed by atoms with van der Waals surface area (Å²) in [4.78, 5) is 15.3. The molecule has 2 fully saturated rings. The quantitative estimate of drug-likeness (QED) is 0.542. The van der Waals surface area contributed by atoms with Crippen LogP contribution in [-0.4, -0.2) is 50.3 Å². The lowest BCUT2D eigenvalue weighted by molar-refractivity contribution is 0.118. The van der Waals surface area contributed by atoms with Crippen LogP contribution in [0, 0.1) is 18.8 Å². The topological polar surface area (TPSA) is 81.0 Å². The molecule has 33 heavy (non-hydrogen) atoms. The number of anilines is 2.